The zero-order chi connectivity index (χ0) is 16.7. The molecule has 0 spiro atoms. The summed E-state index contributed by atoms with van der Waals surface area (Å²) < 4.78 is 7.21. The second-order valence-corrected chi connectivity index (χ2v) is 5.19. The summed E-state index contributed by atoms with van der Waals surface area (Å²) in [6.45, 7) is 2.91. The number of aliphatic hydroxyl groups is 1. The normalized spacial score (nSPS) is 11.8. The second-order valence-electron chi connectivity index (χ2n) is 5.19. The van der Waals surface area contributed by atoms with Gasteiger partial charge in [-0.25, -0.2) is 4.79 Å². The number of rotatable bonds is 7. The first-order valence-electron chi connectivity index (χ1n) is 7.67. The first kappa shape index (κ1) is 16.9. The quantitative estimate of drug-likeness (QED) is 0.735. The van der Waals surface area contributed by atoms with E-state index in [4.69, 9.17) is 4.74 Å². The molecule has 6 heteroatoms. The van der Waals surface area contributed by atoms with E-state index in [-0.39, 0.29) is 6.03 Å². The summed E-state index contributed by atoms with van der Waals surface area (Å²) in [6, 6.07) is 10.6. The van der Waals surface area contributed by atoms with Crippen molar-refractivity contribution in [2.75, 3.05) is 18.5 Å². The predicted octanol–water partition coefficient (Wildman–Crippen LogP) is 2.67. The minimum atomic E-state index is -0.597. The number of carbonyl (C=O) groups excluding carboxylic acids is 1. The molecule has 1 atom stereocenters. The van der Waals surface area contributed by atoms with E-state index in [9.17, 15) is 9.90 Å². The van der Waals surface area contributed by atoms with Crippen molar-refractivity contribution in [2.24, 2.45) is 7.05 Å². The van der Waals surface area contributed by atoms with E-state index in [0.717, 1.165) is 11.4 Å². The molecule has 2 aromatic rings. The lowest BCUT2D eigenvalue weighted by Gasteiger charge is -2.13. The summed E-state index contributed by atoms with van der Waals surface area (Å²) in [6.07, 6.45) is 1.74. The highest BCUT2D eigenvalue weighted by atomic mass is 16.5. The minimum Gasteiger partial charge on any atom is -0.494 e. The van der Waals surface area contributed by atoms with Crippen LogP contribution in [0.1, 0.15) is 25.1 Å². The molecule has 0 aliphatic rings. The zero-order valence-corrected chi connectivity index (χ0v) is 13.5. The Kier molecular flexibility index (Phi) is 6.05. The van der Waals surface area contributed by atoms with Crippen molar-refractivity contribution < 1.29 is 14.6 Å². The number of carbonyl (C=O) groups is 1. The number of urea groups is 1. The van der Waals surface area contributed by atoms with Crippen LogP contribution in [0.15, 0.2) is 42.6 Å². The molecule has 0 saturated carbocycles. The zero-order valence-electron chi connectivity index (χ0n) is 13.5. The lowest BCUT2D eigenvalue weighted by Crippen LogP contribution is -2.30. The third kappa shape index (κ3) is 5.03. The van der Waals surface area contributed by atoms with Crippen molar-refractivity contribution in [2.45, 2.75) is 19.4 Å². The highest BCUT2D eigenvalue weighted by Gasteiger charge is 2.10. The van der Waals surface area contributed by atoms with Gasteiger partial charge in [0.25, 0.3) is 0 Å². The summed E-state index contributed by atoms with van der Waals surface area (Å²) in [5, 5.41) is 15.5. The van der Waals surface area contributed by atoms with Gasteiger partial charge >= 0.3 is 6.03 Å². The van der Waals surface area contributed by atoms with Crippen molar-refractivity contribution in [1.82, 2.24) is 9.88 Å². The monoisotopic (exact) mass is 317 g/mol. The Morgan fingerprint density at radius 1 is 1.30 bits per heavy atom. The van der Waals surface area contributed by atoms with Gasteiger partial charge in [-0.2, -0.15) is 0 Å². The topological polar surface area (TPSA) is 75.5 Å². The molecule has 2 amide bonds. The second kappa shape index (κ2) is 8.24. The average molecular weight is 317 g/mol. The molecule has 0 fully saturated rings. The highest BCUT2D eigenvalue weighted by Crippen LogP contribution is 2.16. The minimum absolute atomic E-state index is 0.298. The molecule has 1 unspecified atom stereocenters. The SMILES string of the molecule is CCOc1ccc(NC(=O)NCCC(O)c2cccn2C)cc1. The number of aromatic nitrogens is 1. The van der Waals surface area contributed by atoms with E-state index in [2.05, 4.69) is 10.6 Å². The molecular weight excluding hydrogens is 294 g/mol. The molecule has 0 bridgehead atoms. The van der Waals surface area contributed by atoms with Crippen LogP contribution in [0.25, 0.3) is 0 Å². The van der Waals surface area contributed by atoms with Crippen molar-refractivity contribution in [1.29, 1.82) is 0 Å². The summed E-state index contributed by atoms with van der Waals surface area (Å²) in [7, 11) is 1.88. The number of amides is 2. The Balaban J connectivity index is 1.73. The van der Waals surface area contributed by atoms with Crippen LogP contribution in [0.5, 0.6) is 5.75 Å². The van der Waals surface area contributed by atoms with Gasteiger partial charge in [-0.05, 0) is 49.7 Å². The van der Waals surface area contributed by atoms with Gasteiger partial charge in [-0.3, -0.25) is 0 Å². The van der Waals surface area contributed by atoms with Crippen molar-refractivity contribution in [3.05, 3.63) is 48.3 Å². The maximum atomic E-state index is 11.8. The van der Waals surface area contributed by atoms with E-state index < -0.39 is 6.10 Å². The highest BCUT2D eigenvalue weighted by molar-refractivity contribution is 5.89. The first-order valence-corrected chi connectivity index (χ1v) is 7.67. The molecule has 0 aliphatic carbocycles. The number of nitrogens with zero attached hydrogens (tertiary/aromatic N) is 1. The molecule has 6 nitrogen and oxygen atoms in total. The fourth-order valence-electron chi connectivity index (χ4n) is 2.27. The molecule has 0 radical (unpaired) electrons. The van der Waals surface area contributed by atoms with Crippen LogP contribution in [0, 0.1) is 0 Å². The number of hydrogen-bond donors (Lipinski definition) is 3. The number of benzene rings is 1. The molecule has 1 aromatic carbocycles. The summed E-state index contributed by atoms with van der Waals surface area (Å²) >= 11 is 0. The van der Waals surface area contributed by atoms with E-state index in [1.807, 2.05) is 36.9 Å². The van der Waals surface area contributed by atoms with Gasteiger partial charge in [0, 0.05) is 31.2 Å². The third-order valence-electron chi connectivity index (χ3n) is 3.45. The average Bonchev–Trinajstić information content (AvgIpc) is 2.95. The van der Waals surface area contributed by atoms with Crippen LogP contribution in [-0.4, -0.2) is 28.9 Å². The first-order chi connectivity index (χ1) is 11.1. The summed E-state index contributed by atoms with van der Waals surface area (Å²) in [5.74, 6) is 0.768. The van der Waals surface area contributed by atoms with Gasteiger partial charge in [0.15, 0.2) is 0 Å². The maximum absolute atomic E-state index is 11.8. The Labute approximate surface area is 136 Å². The molecule has 0 saturated heterocycles. The Morgan fingerprint density at radius 3 is 2.65 bits per heavy atom. The fraction of sp³-hybridized carbons (Fsp3) is 0.353. The molecule has 3 N–H and O–H groups in total. The molecular formula is C17H23N3O3. The molecule has 0 aliphatic heterocycles. The largest absolute Gasteiger partial charge is 0.494 e. The molecule has 1 aromatic heterocycles. The van der Waals surface area contributed by atoms with Crippen LogP contribution in [-0.2, 0) is 7.05 Å². The lowest BCUT2D eigenvalue weighted by molar-refractivity contribution is 0.159. The molecule has 1 heterocycles. The lowest BCUT2D eigenvalue weighted by atomic mass is 10.2. The van der Waals surface area contributed by atoms with Crippen LogP contribution < -0.4 is 15.4 Å². The van der Waals surface area contributed by atoms with Crippen LogP contribution in [0.2, 0.25) is 0 Å². The van der Waals surface area contributed by atoms with Crippen molar-refractivity contribution >= 4 is 11.7 Å². The number of aryl methyl sites for hydroxylation is 1. The van der Waals surface area contributed by atoms with Gasteiger partial charge in [-0.15, -0.1) is 0 Å². The fourth-order valence-corrected chi connectivity index (χ4v) is 2.27. The van der Waals surface area contributed by atoms with Crippen LogP contribution >= 0.6 is 0 Å². The van der Waals surface area contributed by atoms with Crippen molar-refractivity contribution in [3.63, 3.8) is 0 Å². The number of aliphatic hydroxyl groups excluding tert-OH is 1. The summed E-state index contributed by atoms with van der Waals surface area (Å²) in [4.78, 5) is 11.8. The van der Waals surface area contributed by atoms with Crippen molar-refractivity contribution in [3.8, 4) is 5.75 Å². The predicted molar refractivity (Wildman–Crippen MR) is 89.6 cm³/mol. The van der Waals surface area contributed by atoms with E-state index in [1.54, 1.807) is 24.3 Å². The van der Waals surface area contributed by atoms with E-state index in [0.29, 0.717) is 25.3 Å². The molecule has 23 heavy (non-hydrogen) atoms. The summed E-state index contributed by atoms with van der Waals surface area (Å²) in [5.41, 5.74) is 1.52. The Bertz CT molecular complexity index is 622. The number of hydrogen-bond acceptors (Lipinski definition) is 3. The third-order valence-corrected chi connectivity index (χ3v) is 3.45. The van der Waals surface area contributed by atoms with E-state index >= 15 is 0 Å². The smallest absolute Gasteiger partial charge is 0.319 e. The van der Waals surface area contributed by atoms with Gasteiger partial charge in [0.05, 0.1) is 12.7 Å². The number of anilines is 1. The van der Waals surface area contributed by atoms with Gasteiger partial charge in [-0.1, -0.05) is 0 Å². The molecule has 2 rings (SSSR count). The number of ether oxygens (including phenoxy) is 1. The Hall–Kier alpha value is -2.47. The molecule has 124 valence electrons. The Morgan fingerprint density at radius 2 is 2.04 bits per heavy atom. The van der Waals surface area contributed by atoms with Crippen LogP contribution in [0.3, 0.4) is 0 Å². The van der Waals surface area contributed by atoms with Crippen LogP contribution in [0.4, 0.5) is 10.5 Å². The van der Waals surface area contributed by atoms with Gasteiger partial charge < -0.3 is 25.0 Å². The van der Waals surface area contributed by atoms with E-state index in [1.165, 1.54) is 0 Å². The maximum Gasteiger partial charge on any atom is 0.319 e. The van der Waals surface area contributed by atoms with Gasteiger partial charge in [0.1, 0.15) is 5.75 Å². The van der Waals surface area contributed by atoms with Gasteiger partial charge in [0.2, 0.25) is 0 Å². The standard InChI is InChI=1S/C17H23N3O3/c1-3-23-14-8-6-13(7-9-14)19-17(22)18-11-10-16(21)15-5-4-12-20(15)2/h4-9,12,16,21H,3,10-11H2,1-2H3,(H2,18,19,22). The number of nitrogens with one attached hydrogen (secondary N) is 2.